The fourth-order valence-electron chi connectivity index (χ4n) is 4.22. The van der Waals surface area contributed by atoms with E-state index in [0.717, 1.165) is 31.1 Å². The smallest absolute Gasteiger partial charge is 0.293 e. The quantitative estimate of drug-likeness (QED) is 0.300. The Morgan fingerprint density at radius 3 is 2.50 bits per heavy atom. The summed E-state index contributed by atoms with van der Waals surface area (Å²) in [5, 5.41) is 2.67. The van der Waals surface area contributed by atoms with E-state index in [4.69, 9.17) is 0 Å². The maximum Gasteiger partial charge on any atom is 0.333 e. The number of nitrogens with zero attached hydrogens (tertiary/aromatic N) is 3. The number of fused-ring (bicyclic) bond motifs is 3. The highest BCUT2D eigenvalue weighted by molar-refractivity contribution is 14.1. The van der Waals surface area contributed by atoms with Gasteiger partial charge in [0.2, 0.25) is 0 Å². The van der Waals surface area contributed by atoms with Gasteiger partial charge in [0.05, 0.1) is 42.7 Å². The van der Waals surface area contributed by atoms with Gasteiger partial charge in [-0.05, 0) is 71.3 Å². The average Bonchev–Trinajstić information content (AvgIpc) is 3.52. The first-order valence-electron chi connectivity index (χ1n) is 9.43. The van der Waals surface area contributed by atoms with Gasteiger partial charge in [0.1, 0.15) is 0 Å². The molecule has 152 valence electrons. The molecule has 0 aliphatic heterocycles. The van der Waals surface area contributed by atoms with E-state index in [1.807, 2.05) is 42.5 Å². The van der Waals surface area contributed by atoms with Crippen molar-refractivity contribution in [1.82, 2.24) is 14.1 Å². The fraction of sp³-hybridized carbons (Fsp3) is 0.227. The topological polar surface area (TPSA) is 74.0 Å². The molecule has 6 nitrogen and oxygen atoms in total. The lowest BCUT2D eigenvalue weighted by Crippen LogP contribution is -2.22. The van der Waals surface area contributed by atoms with Crippen LogP contribution in [-0.4, -0.2) is 29.8 Å². The van der Waals surface area contributed by atoms with Crippen LogP contribution >= 0.6 is 22.6 Å². The Bertz CT molecular complexity index is 1550. The molecule has 1 saturated carbocycles. The third-order valence-corrected chi connectivity index (χ3v) is 9.23. The van der Waals surface area contributed by atoms with Gasteiger partial charge in [-0.1, -0.05) is 12.1 Å². The number of imidazole rings is 1. The summed E-state index contributed by atoms with van der Waals surface area (Å²) in [6.45, 7) is 0. The fourth-order valence-corrected chi connectivity index (χ4v) is 6.34. The number of benzene rings is 2. The Labute approximate surface area is 186 Å². The maximum atomic E-state index is 13.1. The summed E-state index contributed by atoms with van der Waals surface area (Å²) in [7, 11) is -0.988. The van der Waals surface area contributed by atoms with Crippen LogP contribution in [0.25, 0.3) is 27.6 Å². The van der Waals surface area contributed by atoms with E-state index < -0.39 is 14.3 Å². The summed E-state index contributed by atoms with van der Waals surface area (Å²) in [4.78, 5) is 28.9. The van der Waals surface area contributed by atoms with Gasteiger partial charge in [-0.2, -0.15) is 0 Å². The van der Waals surface area contributed by atoms with Crippen LogP contribution in [-0.2, 0) is 26.1 Å². The van der Waals surface area contributed by atoms with Gasteiger partial charge in [0, 0.05) is 22.3 Å². The second kappa shape index (κ2) is 6.54. The molecule has 1 fully saturated rings. The molecule has 0 spiro atoms. The number of rotatable bonds is 3. The summed E-state index contributed by atoms with van der Waals surface area (Å²) in [6.07, 6.45) is 4.62. The van der Waals surface area contributed by atoms with Crippen molar-refractivity contribution >= 4 is 59.3 Å². The summed E-state index contributed by atoms with van der Waals surface area (Å²) in [5.74, 6) is 0. The van der Waals surface area contributed by atoms with E-state index in [1.165, 1.54) is 6.26 Å². The lowest BCUT2D eigenvalue weighted by molar-refractivity contribution is 0.569. The second-order valence-corrected chi connectivity index (χ2v) is 11.7. The standard InChI is InChI=1S/C22H18IN3O3S/c1-25-19-12-24-18-8-5-15(23)11-17(18)20(19)26(21(25)28)16-6-3-14(4-7-16)22(9-10-22)30(2,29)13-27/h3-8,11-12H,9-10H2,1-2H3. The van der Waals surface area contributed by atoms with Crippen molar-refractivity contribution in [2.75, 3.05) is 6.26 Å². The summed E-state index contributed by atoms with van der Waals surface area (Å²) in [6, 6.07) is 13.4. The summed E-state index contributed by atoms with van der Waals surface area (Å²) in [5.41, 5.74) is 3.80. The van der Waals surface area contributed by atoms with Crippen LogP contribution in [0.4, 0.5) is 0 Å². The zero-order chi connectivity index (χ0) is 21.3. The van der Waals surface area contributed by atoms with Gasteiger partial charge >= 0.3 is 5.69 Å². The van der Waals surface area contributed by atoms with Gasteiger partial charge in [-0.3, -0.25) is 18.3 Å². The number of halogens is 1. The van der Waals surface area contributed by atoms with Gasteiger partial charge in [0.25, 0.3) is 0 Å². The highest BCUT2D eigenvalue weighted by Crippen LogP contribution is 2.52. The number of aromatic nitrogens is 3. The van der Waals surface area contributed by atoms with Crippen molar-refractivity contribution in [3.05, 3.63) is 68.3 Å². The Balaban J connectivity index is 1.76. The monoisotopic (exact) mass is 531 g/mol. The molecular weight excluding hydrogens is 513 g/mol. The summed E-state index contributed by atoms with van der Waals surface area (Å²) < 4.78 is 16.4. The highest BCUT2D eigenvalue weighted by Gasteiger charge is 2.51. The van der Waals surface area contributed by atoms with Crippen LogP contribution in [0, 0.1) is 3.57 Å². The van der Waals surface area contributed by atoms with E-state index in [9.17, 15) is 13.8 Å². The molecule has 0 amide bonds. The molecule has 0 bridgehead atoms. The van der Waals surface area contributed by atoms with E-state index in [-0.39, 0.29) is 5.69 Å². The average molecular weight is 531 g/mol. The number of hydrogen-bond acceptors (Lipinski definition) is 4. The molecule has 2 aromatic carbocycles. The normalized spacial score (nSPS) is 17.0. The van der Waals surface area contributed by atoms with E-state index in [0.29, 0.717) is 18.5 Å². The van der Waals surface area contributed by atoms with Gasteiger partial charge in [0.15, 0.2) is 5.23 Å². The van der Waals surface area contributed by atoms with Crippen molar-refractivity contribution in [3.63, 3.8) is 0 Å². The number of aryl methyl sites for hydroxylation is 1. The van der Waals surface area contributed by atoms with Crippen molar-refractivity contribution in [2.24, 2.45) is 7.05 Å². The number of hydrogen-bond donors (Lipinski definition) is 0. The van der Waals surface area contributed by atoms with E-state index >= 15 is 0 Å². The molecule has 0 N–H and O–H groups in total. The molecule has 0 radical (unpaired) electrons. The van der Waals surface area contributed by atoms with Crippen LogP contribution in [0.1, 0.15) is 18.4 Å². The van der Waals surface area contributed by atoms with Gasteiger partial charge in [-0.15, -0.1) is 0 Å². The van der Waals surface area contributed by atoms with Crippen molar-refractivity contribution in [3.8, 4) is 5.69 Å². The molecule has 1 aliphatic rings. The minimum atomic E-state index is -2.73. The third-order valence-electron chi connectivity index (χ3n) is 6.11. The highest BCUT2D eigenvalue weighted by atomic mass is 127. The second-order valence-electron chi connectivity index (χ2n) is 7.80. The molecule has 2 aromatic heterocycles. The van der Waals surface area contributed by atoms with Gasteiger partial charge in [-0.25, -0.2) is 9.59 Å². The van der Waals surface area contributed by atoms with Crippen LogP contribution in [0.3, 0.4) is 0 Å². The Hall–Kier alpha value is -2.42. The molecule has 8 heteroatoms. The lowest BCUT2D eigenvalue weighted by atomic mass is 10.1. The first-order chi connectivity index (χ1) is 14.3. The Morgan fingerprint density at radius 2 is 1.87 bits per heavy atom. The molecule has 1 aliphatic carbocycles. The minimum Gasteiger partial charge on any atom is -0.293 e. The molecule has 5 rings (SSSR count). The molecule has 0 saturated heterocycles. The molecular formula is C22H18IN3O3S. The minimum absolute atomic E-state index is 0.160. The number of pyridine rings is 1. The first kappa shape index (κ1) is 19.5. The maximum absolute atomic E-state index is 13.1. The molecule has 4 aromatic rings. The van der Waals surface area contributed by atoms with Crippen LogP contribution in [0.15, 0.2) is 53.5 Å². The molecule has 30 heavy (non-hydrogen) atoms. The predicted octanol–water partition coefficient (Wildman–Crippen LogP) is 3.45. The largest absolute Gasteiger partial charge is 0.333 e. The zero-order valence-corrected chi connectivity index (χ0v) is 19.4. The van der Waals surface area contributed by atoms with Gasteiger partial charge < -0.3 is 0 Å². The summed E-state index contributed by atoms with van der Waals surface area (Å²) >= 11 is 2.25. The van der Waals surface area contributed by atoms with Crippen molar-refractivity contribution in [1.29, 1.82) is 0 Å². The van der Waals surface area contributed by atoms with Crippen molar-refractivity contribution < 1.29 is 9.00 Å². The van der Waals surface area contributed by atoms with Crippen LogP contribution < -0.4 is 5.69 Å². The van der Waals surface area contributed by atoms with E-state index in [1.54, 1.807) is 27.6 Å². The first-order valence-corrected chi connectivity index (χ1v) is 12.5. The SMILES string of the molecule is Cn1c(=O)n(-c2ccc(C3(S(C)(=O)=C=O)CC3)cc2)c2c3cc(I)ccc3ncc21. The molecule has 1 atom stereocenters. The van der Waals surface area contributed by atoms with Crippen molar-refractivity contribution in [2.45, 2.75) is 17.6 Å². The number of carbonyl (C=O) groups excluding carboxylic acids is 1. The Morgan fingerprint density at radius 1 is 1.17 bits per heavy atom. The Kier molecular flexibility index (Phi) is 4.26. The zero-order valence-electron chi connectivity index (χ0n) is 16.4. The lowest BCUT2D eigenvalue weighted by Gasteiger charge is -2.16. The predicted molar refractivity (Wildman–Crippen MR) is 127 cm³/mol. The molecule has 2 heterocycles. The molecule has 1 unspecified atom stereocenters. The van der Waals surface area contributed by atoms with E-state index in [2.05, 4.69) is 27.6 Å². The van der Waals surface area contributed by atoms with Crippen LogP contribution in [0.2, 0.25) is 0 Å². The third kappa shape index (κ3) is 2.64. The van der Waals surface area contributed by atoms with Crippen LogP contribution in [0.5, 0.6) is 0 Å².